The molecular formula is C14H21N3O2. The van der Waals surface area contributed by atoms with Crippen molar-refractivity contribution in [2.24, 2.45) is 5.73 Å². The number of carbonyl (C=O) groups excluding carboxylic acids is 2. The third-order valence-electron chi connectivity index (χ3n) is 2.82. The molecule has 5 heteroatoms. The summed E-state index contributed by atoms with van der Waals surface area (Å²) in [6.07, 6.45) is 2.59. The summed E-state index contributed by atoms with van der Waals surface area (Å²) in [5, 5.41) is 5.26. The van der Waals surface area contributed by atoms with Crippen LogP contribution in [0.2, 0.25) is 0 Å². The molecule has 1 aromatic rings. The molecule has 0 saturated heterocycles. The smallest absolute Gasteiger partial charge is 0.251 e. The van der Waals surface area contributed by atoms with Crippen LogP contribution >= 0.6 is 0 Å². The Morgan fingerprint density at radius 1 is 1.37 bits per heavy atom. The Bertz CT molecular complexity index is 446. The van der Waals surface area contributed by atoms with Crippen LogP contribution in [0.5, 0.6) is 0 Å². The van der Waals surface area contributed by atoms with Crippen molar-refractivity contribution < 1.29 is 9.59 Å². The molecule has 0 bridgehead atoms. The minimum absolute atomic E-state index is 0.189. The molecule has 0 aromatic heterocycles. The number of unbranched alkanes of at least 4 members (excludes halogenated alkanes) is 1. The number of rotatable bonds is 6. The zero-order chi connectivity index (χ0) is 14.3. The molecule has 0 radical (unpaired) electrons. The quantitative estimate of drug-likeness (QED) is 0.727. The molecule has 1 unspecified atom stereocenters. The van der Waals surface area contributed by atoms with Gasteiger partial charge in [0.1, 0.15) is 0 Å². The van der Waals surface area contributed by atoms with Crippen molar-refractivity contribution >= 4 is 17.5 Å². The molecule has 19 heavy (non-hydrogen) atoms. The van der Waals surface area contributed by atoms with Crippen molar-refractivity contribution in [1.29, 1.82) is 0 Å². The maximum Gasteiger partial charge on any atom is 0.251 e. The minimum Gasteiger partial charge on any atom is -0.355 e. The zero-order valence-electron chi connectivity index (χ0n) is 11.4. The maximum atomic E-state index is 11.8. The molecule has 104 valence electrons. The van der Waals surface area contributed by atoms with Crippen LogP contribution in [-0.4, -0.2) is 24.9 Å². The predicted molar refractivity (Wildman–Crippen MR) is 76.0 cm³/mol. The summed E-state index contributed by atoms with van der Waals surface area (Å²) >= 11 is 0. The summed E-state index contributed by atoms with van der Waals surface area (Å²) in [4.78, 5) is 23.3. The Labute approximate surface area is 113 Å². The normalized spacial score (nSPS) is 11.7. The maximum absolute atomic E-state index is 11.8. The largest absolute Gasteiger partial charge is 0.355 e. The monoisotopic (exact) mass is 263 g/mol. The molecule has 1 aromatic carbocycles. The lowest BCUT2D eigenvalue weighted by molar-refractivity contribution is -0.117. The first-order valence-electron chi connectivity index (χ1n) is 6.47. The van der Waals surface area contributed by atoms with Crippen molar-refractivity contribution in [1.82, 2.24) is 5.32 Å². The molecule has 0 spiro atoms. The van der Waals surface area contributed by atoms with Crippen LogP contribution in [-0.2, 0) is 4.79 Å². The van der Waals surface area contributed by atoms with E-state index in [-0.39, 0.29) is 11.8 Å². The van der Waals surface area contributed by atoms with E-state index in [9.17, 15) is 9.59 Å². The fraction of sp³-hybridized carbons (Fsp3) is 0.429. The SMILES string of the molecule is CCCCC(N)C(=O)Nc1cccc(C(=O)NC)c1. The lowest BCUT2D eigenvalue weighted by Gasteiger charge is -2.12. The van der Waals surface area contributed by atoms with Gasteiger partial charge in [0.25, 0.3) is 5.91 Å². The van der Waals surface area contributed by atoms with Gasteiger partial charge < -0.3 is 16.4 Å². The van der Waals surface area contributed by atoms with Crippen LogP contribution in [0.4, 0.5) is 5.69 Å². The average molecular weight is 263 g/mol. The van der Waals surface area contributed by atoms with E-state index in [0.29, 0.717) is 17.7 Å². The first-order valence-corrected chi connectivity index (χ1v) is 6.47. The number of carbonyl (C=O) groups is 2. The number of hydrogen-bond acceptors (Lipinski definition) is 3. The Morgan fingerprint density at radius 3 is 2.74 bits per heavy atom. The molecule has 1 atom stereocenters. The van der Waals surface area contributed by atoms with E-state index >= 15 is 0 Å². The van der Waals surface area contributed by atoms with Gasteiger partial charge in [-0.3, -0.25) is 9.59 Å². The van der Waals surface area contributed by atoms with Gasteiger partial charge in [0, 0.05) is 18.3 Å². The summed E-state index contributed by atoms with van der Waals surface area (Å²) in [6.45, 7) is 2.05. The van der Waals surface area contributed by atoms with Gasteiger partial charge in [-0.25, -0.2) is 0 Å². The van der Waals surface area contributed by atoms with Crippen LogP contribution in [0.25, 0.3) is 0 Å². The molecule has 0 heterocycles. The first-order chi connectivity index (χ1) is 9.08. The van der Waals surface area contributed by atoms with Crippen molar-refractivity contribution in [3.63, 3.8) is 0 Å². The van der Waals surface area contributed by atoms with Crippen molar-refractivity contribution in [3.8, 4) is 0 Å². The van der Waals surface area contributed by atoms with E-state index in [2.05, 4.69) is 17.6 Å². The Morgan fingerprint density at radius 2 is 2.11 bits per heavy atom. The highest BCUT2D eigenvalue weighted by Gasteiger charge is 2.13. The molecule has 2 amide bonds. The molecule has 0 saturated carbocycles. The van der Waals surface area contributed by atoms with E-state index in [1.165, 1.54) is 0 Å². The van der Waals surface area contributed by atoms with Crippen LogP contribution in [0.1, 0.15) is 36.5 Å². The molecule has 0 aliphatic heterocycles. The average Bonchev–Trinajstić information content (AvgIpc) is 2.44. The second-order valence-corrected chi connectivity index (χ2v) is 4.40. The Balaban J connectivity index is 2.66. The van der Waals surface area contributed by atoms with Crippen molar-refractivity contribution in [2.75, 3.05) is 12.4 Å². The number of amides is 2. The fourth-order valence-corrected chi connectivity index (χ4v) is 1.67. The summed E-state index contributed by atoms with van der Waals surface area (Å²) in [7, 11) is 1.56. The van der Waals surface area contributed by atoms with Crippen LogP contribution in [0.3, 0.4) is 0 Å². The second-order valence-electron chi connectivity index (χ2n) is 4.40. The molecule has 4 N–H and O–H groups in total. The highest BCUT2D eigenvalue weighted by Crippen LogP contribution is 2.11. The predicted octanol–water partition coefficient (Wildman–Crippen LogP) is 1.50. The Kier molecular flexibility index (Phi) is 6.02. The summed E-state index contributed by atoms with van der Waals surface area (Å²) in [6, 6.07) is 6.26. The number of nitrogens with two attached hydrogens (primary N) is 1. The summed E-state index contributed by atoms with van der Waals surface area (Å²) in [5.74, 6) is -0.408. The summed E-state index contributed by atoms with van der Waals surface area (Å²) < 4.78 is 0. The topological polar surface area (TPSA) is 84.2 Å². The first kappa shape index (κ1) is 15.2. The van der Waals surface area contributed by atoms with Gasteiger partial charge in [-0.05, 0) is 24.6 Å². The zero-order valence-corrected chi connectivity index (χ0v) is 11.4. The van der Waals surface area contributed by atoms with E-state index in [0.717, 1.165) is 12.8 Å². The highest BCUT2D eigenvalue weighted by atomic mass is 16.2. The molecule has 1 rings (SSSR count). The van der Waals surface area contributed by atoms with Crippen molar-refractivity contribution in [3.05, 3.63) is 29.8 Å². The second kappa shape index (κ2) is 7.53. The van der Waals surface area contributed by atoms with Gasteiger partial charge in [-0.15, -0.1) is 0 Å². The highest BCUT2D eigenvalue weighted by molar-refractivity contribution is 5.98. The lowest BCUT2D eigenvalue weighted by atomic mass is 10.1. The number of nitrogens with one attached hydrogen (secondary N) is 2. The van der Waals surface area contributed by atoms with Gasteiger partial charge >= 0.3 is 0 Å². The van der Waals surface area contributed by atoms with Crippen LogP contribution in [0, 0.1) is 0 Å². The van der Waals surface area contributed by atoms with E-state index in [1.807, 2.05) is 0 Å². The third kappa shape index (κ3) is 4.71. The van der Waals surface area contributed by atoms with Crippen LogP contribution < -0.4 is 16.4 Å². The van der Waals surface area contributed by atoms with Gasteiger partial charge in [0.15, 0.2) is 0 Å². The van der Waals surface area contributed by atoms with Gasteiger partial charge in [0.2, 0.25) is 5.91 Å². The van der Waals surface area contributed by atoms with Gasteiger partial charge in [-0.1, -0.05) is 25.8 Å². The van der Waals surface area contributed by atoms with Crippen LogP contribution in [0.15, 0.2) is 24.3 Å². The standard InChI is InChI=1S/C14H21N3O2/c1-3-4-8-12(15)14(19)17-11-7-5-6-10(9-11)13(18)16-2/h5-7,9,12H,3-4,8,15H2,1-2H3,(H,16,18)(H,17,19). The number of benzene rings is 1. The number of hydrogen-bond donors (Lipinski definition) is 3. The Hall–Kier alpha value is -1.88. The van der Waals surface area contributed by atoms with Crippen molar-refractivity contribution in [2.45, 2.75) is 32.2 Å². The third-order valence-corrected chi connectivity index (χ3v) is 2.82. The molecular weight excluding hydrogens is 242 g/mol. The van der Waals surface area contributed by atoms with E-state index < -0.39 is 6.04 Å². The lowest BCUT2D eigenvalue weighted by Crippen LogP contribution is -2.35. The molecule has 0 fully saturated rings. The minimum atomic E-state index is -0.511. The fourth-order valence-electron chi connectivity index (χ4n) is 1.67. The van der Waals surface area contributed by atoms with Gasteiger partial charge in [-0.2, -0.15) is 0 Å². The van der Waals surface area contributed by atoms with Gasteiger partial charge in [0.05, 0.1) is 6.04 Å². The molecule has 5 nitrogen and oxygen atoms in total. The molecule has 0 aliphatic carbocycles. The number of anilines is 1. The molecule has 0 aliphatic rings. The summed E-state index contributed by atoms with van der Waals surface area (Å²) in [5.41, 5.74) is 6.87. The van der Waals surface area contributed by atoms with E-state index in [1.54, 1.807) is 31.3 Å². The van der Waals surface area contributed by atoms with E-state index in [4.69, 9.17) is 5.73 Å².